The number of halogens is 2. The van der Waals surface area contributed by atoms with E-state index in [0.29, 0.717) is 19.3 Å². The summed E-state index contributed by atoms with van der Waals surface area (Å²) >= 11 is 3.45. The van der Waals surface area contributed by atoms with Gasteiger partial charge in [-0.05, 0) is 66.3 Å². The lowest BCUT2D eigenvalue weighted by Crippen LogP contribution is -2.28. The van der Waals surface area contributed by atoms with Crippen LogP contribution in [0.3, 0.4) is 0 Å². The Morgan fingerprint density at radius 1 is 1.04 bits per heavy atom. The average molecular weight is 409 g/mol. The number of hydrogen-bond donors (Lipinski definition) is 0. The maximum absolute atomic E-state index is 13.5. The Labute approximate surface area is 161 Å². The van der Waals surface area contributed by atoms with Crippen LogP contribution < -0.4 is 0 Å². The third kappa shape index (κ3) is 4.36. The van der Waals surface area contributed by atoms with E-state index >= 15 is 0 Å². The number of pyridine rings is 1. The lowest BCUT2D eigenvalue weighted by Gasteiger charge is -2.27. The molecule has 0 radical (unpaired) electrons. The summed E-state index contributed by atoms with van der Waals surface area (Å²) in [5, 5.41) is 10.1. The van der Waals surface area contributed by atoms with Crippen LogP contribution in [-0.2, 0) is 18.3 Å². The van der Waals surface area contributed by atoms with Gasteiger partial charge in [-0.3, -0.25) is 4.98 Å². The lowest BCUT2D eigenvalue weighted by molar-refractivity contribution is 0.497. The number of rotatable bonds is 6. The van der Waals surface area contributed by atoms with E-state index in [-0.39, 0.29) is 5.82 Å². The molecule has 1 heterocycles. The van der Waals surface area contributed by atoms with Crippen molar-refractivity contribution in [1.29, 1.82) is 5.26 Å². The van der Waals surface area contributed by atoms with E-state index in [1.54, 1.807) is 18.5 Å². The smallest absolute Gasteiger partial charge is 0.123 e. The van der Waals surface area contributed by atoms with E-state index in [2.05, 4.69) is 27.0 Å². The largest absolute Gasteiger partial charge is 0.264 e. The summed E-state index contributed by atoms with van der Waals surface area (Å²) in [6.07, 6.45) is 5.32. The van der Waals surface area contributed by atoms with Crippen molar-refractivity contribution in [1.82, 2.24) is 4.98 Å². The molecular formula is C22H18BrFN2. The molecular weight excluding hydrogens is 391 g/mol. The molecule has 2 nitrogen and oxygen atoms in total. The molecule has 0 saturated heterocycles. The molecule has 0 fully saturated rings. The number of nitrogens with zero attached hydrogens (tertiary/aromatic N) is 2. The van der Waals surface area contributed by atoms with Gasteiger partial charge in [0.25, 0.3) is 0 Å². The summed E-state index contributed by atoms with van der Waals surface area (Å²) in [6.45, 7) is 0. The van der Waals surface area contributed by atoms with Crippen LogP contribution in [0.25, 0.3) is 0 Å². The first-order valence-corrected chi connectivity index (χ1v) is 9.21. The highest BCUT2D eigenvalue weighted by atomic mass is 79.9. The molecule has 26 heavy (non-hydrogen) atoms. The zero-order valence-corrected chi connectivity index (χ0v) is 15.8. The second-order valence-corrected chi connectivity index (χ2v) is 7.28. The molecule has 1 unspecified atom stereocenters. The first-order valence-electron chi connectivity index (χ1n) is 8.42. The number of aromatic nitrogens is 1. The van der Waals surface area contributed by atoms with Gasteiger partial charge in [-0.1, -0.05) is 46.3 Å². The standard InChI is InChI=1S/C22H18BrFN2/c23-20-8-6-19(7-9-20)22(16-25,14-18-4-2-12-26-15-18)11-10-17-3-1-5-21(24)13-17/h1-9,12-13,15H,10-11,14H2. The molecule has 3 rings (SSSR count). The van der Waals surface area contributed by atoms with E-state index in [9.17, 15) is 9.65 Å². The van der Waals surface area contributed by atoms with Crippen LogP contribution in [0.5, 0.6) is 0 Å². The molecule has 0 spiro atoms. The van der Waals surface area contributed by atoms with Crippen molar-refractivity contribution in [2.75, 3.05) is 0 Å². The van der Waals surface area contributed by atoms with Crippen LogP contribution in [-0.4, -0.2) is 4.98 Å². The van der Waals surface area contributed by atoms with Crippen molar-refractivity contribution >= 4 is 15.9 Å². The lowest BCUT2D eigenvalue weighted by atomic mass is 9.73. The summed E-state index contributed by atoms with van der Waals surface area (Å²) in [7, 11) is 0. The normalized spacial score (nSPS) is 13.0. The highest BCUT2D eigenvalue weighted by Crippen LogP contribution is 2.34. The minimum absolute atomic E-state index is 0.249. The summed E-state index contributed by atoms with van der Waals surface area (Å²) in [4.78, 5) is 4.17. The molecule has 130 valence electrons. The van der Waals surface area contributed by atoms with Gasteiger partial charge in [-0.25, -0.2) is 4.39 Å². The summed E-state index contributed by atoms with van der Waals surface area (Å²) in [6, 6.07) is 20.9. The van der Waals surface area contributed by atoms with Crippen LogP contribution in [0.1, 0.15) is 23.1 Å². The molecule has 1 atom stereocenters. The Morgan fingerprint density at radius 2 is 1.81 bits per heavy atom. The second kappa shape index (κ2) is 8.25. The predicted molar refractivity (Wildman–Crippen MR) is 104 cm³/mol. The van der Waals surface area contributed by atoms with Gasteiger partial charge in [0.2, 0.25) is 0 Å². The Morgan fingerprint density at radius 3 is 2.46 bits per heavy atom. The highest BCUT2D eigenvalue weighted by molar-refractivity contribution is 9.10. The van der Waals surface area contributed by atoms with Crippen molar-refractivity contribution in [3.63, 3.8) is 0 Å². The maximum Gasteiger partial charge on any atom is 0.123 e. The van der Waals surface area contributed by atoms with Crippen molar-refractivity contribution in [2.45, 2.75) is 24.7 Å². The molecule has 0 aliphatic carbocycles. The number of nitriles is 1. The van der Waals surface area contributed by atoms with Crippen LogP contribution in [0.2, 0.25) is 0 Å². The van der Waals surface area contributed by atoms with Gasteiger partial charge in [-0.2, -0.15) is 5.26 Å². The van der Waals surface area contributed by atoms with Crippen molar-refractivity contribution < 1.29 is 4.39 Å². The van der Waals surface area contributed by atoms with Gasteiger partial charge in [0.1, 0.15) is 5.82 Å². The second-order valence-electron chi connectivity index (χ2n) is 6.37. The average Bonchev–Trinajstić information content (AvgIpc) is 2.67. The molecule has 3 aromatic rings. The van der Waals surface area contributed by atoms with Crippen LogP contribution in [0.15, 0.2) is 77.5 Å². The van der Waals surface area contributed by atoms with Crippen molar-refractivity contribution in [3.8, 4) is 6.07 Å². The third-order valence-corrected chi connectivity index (χ3v) is 5.10. The fourth-order valence-corrected chi connectivity index (χ4v) is 3.43. The van der Waals surface area contributed by atoms with E-state index in [4.69, 9.17) is 0 Å². The SMILES string of the molecule is N#CC(CCc1cccc(F)c1)(Cc1cccnc1)c1ccc(Br)cc1. The molecule has 0 saturated carbocycles. The van der Waals surface area contributed by atoms with E-state index in [1.807, 2.05) is 42.5 Å². The van der Waals surface area contributed by atoms with Crippen LogP contribution >= 0.6 is 15.9 Å². The summed E-state index contributed by atoms with van der Waals surface area (Å²) in [5.41, 5.74) is 2.17. The molecule has 0 aliphatic rings. The molecule has 1 aromatic heterocycles. The molecule has 0 aliphatic heterocycles. The molecule has 4 heteroatoms. The topological polar surface area (TPSA) is 36.7 Å². The van der Waals surface area contributed by atoms with Crippen LogP contribution in [0, 0.1) is 17.1 Å². The van der Waals surface area contributed by atoms with Crippen molar-refractivity contribution in [2.24, 2.45) is 0 Å². The third-order valence-electron chi connectivity index (χ3n) is 4.57. The minimum Gasteiger partial charge on any atom is -0.264 e. The van der Waals surface area contributed by atoms with Crippen molar-refractivity contribution in [3.05, 3.63) is 100 Å². The van der Waals surface area contributed by atoms with Gasteiger partial charge < -0.3 is 0 Å². The maximum atomic E-state index is 13.5. The number of aryl methyl sites for hydroxylation is 1. The molecule has 0 amide bonds. The zero-order valence-electron chi connectivity index (χ0n) is 14.2. The highest BCUT2D eigenvalue weighted by Gasteiger charge is 2.32. The van der Waals surface area contributed by atoms with Gasteiger partial charge in [0, 0.05) is 16.9 Å². The summed E-state index contributed by atoms with van der Waals surface area (Å²) < 4.78 is 14.5. The molecule has 0 N–H and O–H groups in total. The monoisotopic (exact) mass is 408 g/mol. The van der Waals surface area contributed by atoms with E-state index in [1.165, 1.54) is 12.1 Å². The minimum atomic E-state index is -0.698. The number of hydrogen-bond acceptors (Lipinski definition) is 2. The fourth-order valence-electron chi connectivity index (χ4n) is 3.17. The Kier molecular flexibility index (Phi) is 5.80. The molecule has 0 bridgehead atoms. The van der Waals surface area contributed by atoms with Gasteiger partial charge in [0.15, 0.2) is 0 Å². The quantitative estimate of drug-likeness (QED) is 0.530. The predicted octanol–water partition coefficient (Wildman–Crippen LogP) is 5.62. The fraction of sp³-hybridized carbons (Fsp3) is 0.182. The van der Waals surface area contributed by atoms with Gasteiger partial charge in [0.05, 0.1) is 11.5 Å². The van der Waals surface area contributed by atoms with E-state index < -0.39 is 5.41 Å². The molecule has 2 aromatic carbocycles. The van der Waals surface area contributed by atoms with Gasteiger partial charge >= 0.3 is 0 Å². The first kappa shape index (κ1) is 18.3. The Bertz CT molecular complexity index is 903. The van der Waals surface area contributed by atoms with Gasteiger partial charge in [-0.15, -0.1) is 0 Å². The Balaban J connectivity index is 1.94. The van der Waals surface area contributed by atoms with E-state index in [0.717, 1.165) is 21.2 Å². The zero-order chi connectivity index (χ0) is 18.4. The number of benzene rings is 2. The van der Waals surface area contributed by atoms with Crippen LogP contribution in [0.4, 0.5) is 4.39 Å². The first-order chi connectivity index (χ1) is 12.6. The summed E-state index contributed by atoms with van der Waals surface area (Å²) in [5.74, 6) is -0.249. The Hall–Kier alpha value is -2.51.